The van der Waals surface area contributed by atoms with Crippen LogP contribution in [0, 0.1) is 0 Å². The van der Waals surface area contributed by atoms with E-state index in [9.17, 15) is 0 Å². The SMILES string of the molecule is CCN=CC(=CN)c1cnc(N)c(NCc2cccc(-c3ncc(OCCN4CCOCC4)cn3)c2)n1. The molecule has 1 aliphatic heterocycles. The van der Waals surface area contributed by atoms with Crippen molar-refractivity contribution in [2.24, 2.45) is 10.7 Å². The van der Waals surface area contributed by atoms with E-state index in [1.165, 1.54) is 6.20 Å². The van der Waals surface area contributed by atoms with Gasteiger partial charge in [-0.1, -0.05) is 18.2 Å². The van der Waals surface area contributed by atoms with E-state index in [-0.39, 0.29) is 0 Å². The number of nitrogens with one attached hydrogen (secondary N) is 1. The van der Waals surface area contributed by atoms with E-state index in [1.807, 2.05) is 31.2 Å². The Labute approximate surface area is 216 Å². The molecule has 0 spiro atoms. The Morgan fingerprint density at radius 3 is 2.76 bits per heavy atom. The van der Waals surface area contributed by atoms with Crippen molar-refractivity contribution in [3.05, 3.63) is 60.3 Å². The Morgan fingerprint density at radius 2 is 2.00 bits per heavy atom. The average molecular weight is 504 g/mol. The van der Waals surface area contributed by atoms with E-state index in [0.717, 1.165) is 44.0 Å². The van der Waals surface area contributed by atoms with Crippen molar-refractivity contribution in [3.63, 3.8) is 0 Å². The maximum Gasteiger partial charge on any atom is 0.169 e. The number of nitrogens with zero attached hydrogens (tertiary/aromatic N) is 6. The largest absolute Gasteiger partial charge is 0.489 e. The van der Waals surface area contributed by atoms with E-state index in [0.29, 0.717) is 54.2 Å². The monoisotopic (exact) mass is 503 g/mol. The zero-order valence-corrected chi connectivity index (χ0v) is 21.0. The van der Waals surface area contributed by atoms with Gasteiger partial charge in [-0.2, -0.15) is 0 Å². The summed E-state index contributed by atoms with van der Waals surface area (Å²) in [5.74, 6) is 2.05. The molecule has 0 radical (unpaired) electrons. The number of allylic oxidation sites excluding steroid dienone is 1. The summed E-state index contributed by atoms with van der Waals surface area (Å²) in [6.07, 6.45) is 8.12. The van der Waals surface area contributed by atoms with Crippen LogP contribution in [0.25, 0.3) is 17.0 Å². The number of hydrogen-bond donors (Lipinski definition) is 3. The minimum absolute atomic E-state index is 0.302. The van der Waals surface area contributed by atoms with Crippen molar-refractivity contribution in [1.82, 2.24) is 24.8 Å². The number of nitrogen functional groups attached to an aromatic ring is 1. The molecule has 1 saturated heterocycles. The van der Waals surface area contributed by atoms with Crippen molar-refractivity contribution in [3.8, 4) is 17.1 Å². The van der Waals surface area contributed by atoms with Gasteiger partial charge in [0, 0.05) is 56.3 Å². The molecule has 1 fully saturated rings. The van der Waals surface area contributed by atoms with Crippen LogP contribution in [-0.2, 0) is 11.3 Å². The first-order valence-corrected chi connectivity index (χ1v) is 12.3. The first-order valence-electron chi connectivity index (χ1n) is 12.3. The first kappa shape index (κ1) is 26.0. The third-order valence-electron chi connectivity index (χ3n) is 5.74. The molecular formula is C26H33N9O2. The highest BCUT2D eigenvalue weighted by Gasteiger charge is 2.11. The summed E-state index contributed by atoms with van der Waals surface area (Å²) in [6.45, 7) is 7.96. The third-order valence-corrected chi connectivity index (χ3v) is 5.74. The number of hydrogen-bond acceptors (Lipinski definition) is 11. The second kappa shape index (κ2) is 13.3. The minimum atomic E-state index is 0.302. The molecule has 0 unspecified atom stereocenters. The lowest BCUT2D eigenvalue weighted by atomic mass is 10.1. The molecular weight excluding hydrogens is 470 g/mol. The Hall–Kier alpha value is -4.09. The summed E-state index contributed by atoms with van der Waals surface area (Å²) in [6, 6.07) is 7.96. The molecule has 11 nitrogen and oxygen atoms in total. The second-order valence-corrected chi connectivity index (χ2v) is 8.34. The van der Waals surface area contributed by atoms with Gasteiger partial charge in [0.25, 0.3) is 0 Å². The summed E-state index contributed by atoms with van der Waals surface area (Å²) < 4.78 is 11.2. The topological polar surface area (TPSA) is 150 Å². The number of anilines is 2. The van der Waals surface area contributed by atoms with Crippen LogP contribution in [0.4, 0.5) is 11.6 Å². The van der Waals surface area contributed by atoms with E-state index >= 15 is 0 Å². The quantitative estimate of drug-likeness (QED) is 0.332. The Balaban J connectivity index is 1.36. The van der Waals surface area contributed by atoms with Crippen molar-refractivity contribution in [2.45, 2.75) is 13.5 Å². The molecule has 1 aliphatic rings. The zero-order chi connectivity index (χ0) is 25.9. The fourth-order valence-corrected chi connectivity index (χ4v) is 3.72. The summed E-state index contributed by atoms with van der Waals surface area (Å²) in [4.78, 5) is 24.3. The second-order valence-electron chi connectivity index (χ2n) is 8.34. The normalized spacial score (nSPS) is 14.7. The molecule has 3 heterocycles. The van der Waals surface area contributed by atoms with E-state index in [1.54, 1.807) is 24.8 Å². The molecule has 0 bridgehead atoms. The van der Waals surface area contributed by atoms with Crippen LogP contribution in [0.2, 0.25) is 0 Å². The lowest BCUT2D eigenvalue weighted by Crippen LogP contribution is -2.38. The van der Waals surface area contributed by atoms with Gasteiger partial charge in [0.15, 0.2) is 23.2 Å². The highest BCUT2D eigenvalue weighted by molar-refractivity contribution is 6.08. The van der Waals surface area contributed by atoms with Crippen LogP contribution in [0.1, 0.15) is 18.2 Å². The summed E-state index contributed by atoms with van der Waals surface area (Å²) in [5.41, 5.74) is 15.0. The highest BCUT2D eigenvalue weighted by atomic mass is 16.5. The van der Waals surface area contributed by atoms with Crippen LogP contribution in [-0.4, -0.2) is 77.1 Å². The average Bonchev–Trinajstić information content (AvgIpc) is 2.94. The molecule has 0 atom stereocenters. The highest BCUT2D eigenvalue weighted by Crippen LogP contribution is 2.21. The number of aliphatic imine (C=N–C) groups is 1. The number of ether oxygens (including phenoxy) is 2. The van der Waals surface area contributed by atoms with Gasteiger partial charge >= 0.3 is 0 Å². The lowest BCUT2D eigenvalue weighted by Gasteiger charge is -2.26. The number of aromatic nitrogens is 4. The third kappa shape index (κ3) is 7.45. The van der Waals surface area contributed by atoms with Gasteiger partial charge in [-0.25, -0.2) is 19.9 Å². The van der Waals surface area contributed by atoms with Gasteiger partial charge in [-0.3, -0.25) is 9.89 Å². The Bertz CT molecular complexity index is 1210. The zero-order valence-electron chi connectivity index (χ0n) is 21.0. The first-order chi connectivity index (χ1) is 18.2. The predicted octanol–water partition coefficient (Wildman–Crippen LogP) is 2.23. The van der Waals surface area contributed by atoms with Gasteiger partial charge in [-0.15, -0.1) is 0 Å². The Morgan fingerprint density at radius 1 is 1.19 bits per heavy atom. The number of morpholine rings is 1. The van der Waals surface area contributed by atoms with E-state index in [2.05, 4.69) is 35.1 Å². The maximum absolute atomic E-state index is 6.05. The molecule has 3 aromatic rings. The molecule has 0 aliphatic carbocycles. The predicted molar refractivity (Wildman–Crippen MR) is 145 cm³/mol. The summed E-state index contributed by atoms with van der Waals surface area (Å²) >= 11 is 0. The van der Waals surface area contributed by atoms with Gasteiger partial charge in [0.1, 0.15) is 6.61 Å². The van der Waals surface area contributed by atoms with Crippen molar-refractivity contribution in [2.75, 3.05) is 57.1 Å². The molecule has 37 heavy (non-hydrogen) atoms. The number of nitrogens with two attached hydrogens (primary N) is 2. The molecule has 5 N–H and O–H groups in total. The van der Waals surface area contributed by atoms with Gasteiger partial charge in [0.05, 0.1) is 37.5 Å². The van der Waals surface area contributed by atoms with Gasteiger partial charge < -0.3 is 26.3 Å². The van der Waals surface area contributed by atoms with Crippen molar-refractivity contribution >= 4 is 23.4 Å². The summed E-state index contributed by atoms with van der Waals surface area (Å²) in [5, 5.41) is 3.26. The molecule has 2 aromatic heterocycles. The van der Waals surface area contributed by atoms with Crippen LogP contribution < -0.4 is 21.5 Å². The smallest absolute Gasteiger partial charge is 0.169 e. The molecule has 0 amide bonds. The van der Waals surface area contributed by atoms with Crippen LogP contribution in [0.3, 0.4) is 0 Å². The van der Waals surface area contributed by atoms with E-state index in [4.69, 9.17) is 20.9 Å². The van der Waals surface area contributed by atoms with Crippen molar-refractivity contribution < 1.29 is 9.47 Å². The van der Waals surface area contributed by atoms with Gasteiger partial charge in [-0.05, 0) is 18.6 Å². The minimum Gasteiger partial charge on any atom is -0.489 e. The van der Waals surface area contributed by atoms with E-state index < -0.39 is 0 Å². The van der Waals surface area contributed by atoms with Crippen LogP contribution in [0.5, 0.6) is 5.75 Å². The van der Waals surface area contributed by atoms with Gasteiger partial charge in [0.2, 0.25) is 0 Å². The Kier molecular flexibility index (Phi) is 9.33. The standard InChI is InChI=1S/C26H33N9O2/c1-2-29-15-21(13-27)23-18-30-24(28)26(34-23)31-14-19-4-3-5-20(12-19)25-32-16-22(17-33-25)37-11-8-35-6-9-36-10-7-35/h3-5,12-13,15-18H,2,6-11,14,27H2,1H3,(H2,28,30)(H,31,34). The molecule has 194 valence electrons. The molecule has 4 rings (SSSR count). The fourth-order valence-electron chi connectivity index (χ4n) is 3.72. The van der Waals surface area contributed by atoms with Crippen molar-refractivity contribution in [1.29, 1.82) is 0 Å². The van der Waals surface area contributed by atoms with Crippen LogP contribution >= 0.6 is 0 Å². The number of rotatable bonds is 11. The number of benzene rings is 1. The fraction of sp³-hybridized carbons (Fsp3) is 0.346. The maximum atomic E-state index is 6.05. The lowest BCUT2D eigenvalue weighted by molar-refractivity contribution is 0.0322. The molecule has 11 heteroatoms. The molecule has 1 aromatic carbocycles. The summed E-state index contributed by atoms with van der Waals surface area (Å²) in [7, 11) is 0. The van der Waals surface area contributed by atoms with Crippen LogP contribution in [0.15, 0.2) is 54.0 Å². The molecule has 0 saturated carbocycles.